The summed E-state index contributed by atoms with van der Waals surface area (Å²) in [4.78, 5) is 18.6. The molecule has 1 aromatic heterocycles. The summed E-state index contributed by atoms with van der Waals surface area (Å²) in [5.41, 5.74) is 0.531. The van der Waals surface area contributed by atoms with E-state index in [9.17, 15) is 18.5 Å². The zero-order chi connectivity index (χ0) is 20.4. The molecule has 2 rings (SSSR count). The molecule has 0 amide bonds. The zero-order valence-electron chi connectivity index (χ0n) is 15.7. The normalized spacial score (nSPS) is 11.4. The molecule has 0 saturated carbocycles. The molecule has 3 N–H and O–H groups in total. The number of hydrogen-bond acceptors (Lipinski definition) is 6. The van der Waals surface area contributed by atoms with Gasteiger partial charge in [-0.3, -0.25) is 15.1 Å². The van der Waals surface area contributed by atoms with Crippen LogP contribution in [0.3, 0.4) is 0 Å². The number of pyridine rings is 1. The number of nitro benzene ring substituents is 1. The molecule has 0 aliphatic rings. The van der Waals surface area contributed by atoms with E-state index in [0.29, 0.717) is 19.0 Å². The number of hydrogen-bond donors (Lipinski definition) is 3. The fraction of sp³-hybridized carbons (Fsp3) is 0.294. The van der Waals surface area contributed by atoms with E-state index in [2.05, 4.69) is 25.3 Å². The minimum Gasteiger partial charge on any atom is -0.357 e. The van der Waals surface area contributed by atoms with E-state index in [0.717, 1.165) is 11.8 Å². The maximum atomic E-state index is 12.3. The summed E-state index contributed by atoms with van der Waals surface area (Å²) < 4.78 is 26.9. The lowest BCUT2D eigenvalue weighted by Gasteiger charge is -2.12. The van der Waals surface area contributed by atoms with E-state index in [4.69, 9.17) is 0 Å². The van der Waals surface area contributed by atoms with Crippen molar-refractivity contribution in [3.63, 3.8) is 0 Å². The number of non-ortho nitro benzene ring substituents is 1. The lowest BCUT2D eigenvalue weighted by atomic mass is 10.3. The van der Waals surface area contributed by atoms with Gasteiger partial charge >= 0.3 is 0 Å². The number of aromatic nitrogens is 1. The van der Waals surface area contributed by atoms with Crippen molar-refractivity contribution in [3.05, 3.63) is 64.5 Å². The van der Waals surface area contributed by atoms with Gasteiger partial charge in [0, 0.05) is 38.0 Å². The molecule has 0 saturated heterocycles. The van der Waals surface area contributed by atoms with Crippen molar-refractivity contribution in [2.75, 3.05) is 19.6 Å². The smallest absolute Gasteiger partial charge is 0.270 e. The first-order chi connectivity index (χ1) is 13.4. The number of nitrogens with zero attached hydrogens (tertiary/aromatic N) is 3. The average molecular weight is 534 g/mol. The molecule has 0 aliphatic carbocycles. The second kappa shape index (κ2) is 12.3. The summed E-state index contributed by atoms with van der Waals surface area (Å²) in [6.07, 6.45) is 1.69. The second-order valence-electron chi connectivity index (χ2n) is 5.60. The van der Waals surface area contributed by atoms with Crippen LogP contribution in [-0.2, 0) is 16.6 Å². The number of sulfonamides is 1. The van der Waals surface area contributed by atoms with Gasteiger partial charge in [0.2, 0.25) is 10.0 Å². The van der Waals surface area contributed by atoms with E-state index >= 15 is 0 Å². The highest BCUT2D eigenvalue weighted by molar-refractivity contribution is 14.0. The van der Waals surface area contributed by atoms with Crippen LogP contribution in [0.25, 0.3) is 0 Å². The molecule has 12 heteroatoms. The van der Waals surface area contributed by atoms with E-state index in [1.54, 1.807) is 6.20 Å². The zero-order valence-corrected chi connectivity index (χ0v) is 18.9. The van der Waals surface area contributed by atoms with Gasteiger partial charge in [-0.05, 0) is 25.1 Å². The number of aliphatic imine (C=N–C) groups is 1. The predicted molar refractivity (Wildman–Crippen MR) is 121 cm³/mol. The van der Waals surface area contributed by atoms with Crippen LogP contribution >= 0.6 is 24.0 Å². The Kier molecular flexibility index (Phi) is 10.5. The first-order valence-corrected chi connectivity index (χ1v) is 10.1. The van der Waals surface area contributed by atoms with Gasteiger partial charge in [-0.1, -0.05) is 12.1 Å². The molecule has 2 aromatic rings. The summed E-state index contributed by atoms with van der Waals surface area (Å²) >= 11 is 0. The highest BCUT2D eigenvalue weighted by Gasteiger charge is 2.17. The molecule has 0 aliphatic heterocycles. The summed E-state index contributed by atoms with van der Waals surface area (Å²) in [5.74, 6) is 0.530. The van der Waals surface area contributed by atoms with Crippen LogP contribution in [0, 0.1) is 10.1 Å². The van der Waals surface area contributed by atoms with Gasteiger partial charge in [0.25, 0.3) is 5.69 Å². The predicted octanol–water partition coefficient (Wildman–Crippen LogP) is 1.64. The monoisotopic (exact) mass is 534 g/mol. The molecule has 0 bridgehead atoms. The van der Waals surface area contributed by atoms with Crippen molar-refractivity contribution in [3.8, 4) is 0 Å². The molecule has 0 fully saturated rings. The third kappa shape index (κ3) is 8.29. The van der Waals surface area contributed by atoms with Crippen LogP contribution in [-0.4, -0.2) is 43.9 Å². The van der Waals surface area contributed by atoms with Gasteiger partial charge in [-0.15, -0.1) is 24.0 Å². The Hall–Kier alpha value is -2.32. The molecule has 0 spiro atoms. The quantitative estimate of drug-likeness (QED) is 0.111. The topological polar surface area (TPSA) is 139 Å². The number of halogens is 1. The molecule has 10 nitrogen and oxygen atoms in total. The molecule has 0 unspecified atom stereocenters. The molecule has 0 radical (unpaired) electrons. The molecule has 158 valence electrons. The molecule has 0 atom stereocenters. The van der Waals surface area contributed by atoms with Crippen LogP contribution in [0.5, 0.6) is 0 Å². The molecule has 1 aromatic carbocycles. The first-order valence-electron chi connectivity index (χ1n) is 8.58. The Bertz CT molecular complexity index is 925. The average Bonchev–Trinajstić information content (AvgIpc) is 2.70. The SMILES string of the molecule is CCNC(=NCc1ccccn1)NCCNS(=O)(=O)c1cccc([N+](=O)[O-])c1.I. The van der Waals surface area contributed by atoms with Crippen LogP contribution in [0.4, 0.5) is 5.69 Å². The Morgan fingerprint density at radius 1 is 1.17 bits per heavy atom. The van der Waals surface area contributed by atoms with Crippen LogP contribution in [0.1, 0.15) is 12.6 Å². The fourth-order valence-corrected chi connectivity index (χ4v) is 3.28. The molecular formula is C17H23IN6O4S. The van der Waals surface area contributed by atoms with Crippen LogP contribution < -0.4 is 15.4 Å². The maximum Gasteiger partial charge on any atom is 0.270 e. The van der Waals surface area contributed by atoms with Crippen LogP contribution in [0.15, 0.2) is 58.5 Å². The van der Waals surface area contributed by atoms with E-state index in [1.165, 1.54) is 18.2 Å². The van der Waals surface area contributed by atoms with E-state index in [-0.39, 0.29) is 47.6 Å². The number of nitrogens with one attached hydrogen (secondary N) is 3. The largest absolute Gasteiger partial charge is 0.357 e. The minimum absolute atomic E-state index is 0. The lowest BCUT2D eigenvalue weighted by molar-refractivity contribution is -0.385. The summed E-state index contributed by atoms with van der Waals surface area (Å²) in [6, 6.07) is 10.5. The lowest BCUT2D eigenvalue weighted by Crippen LogP contribution is -2.41. The highest BCUT2D eigenvalue weighted by atomic mass is 127. The van der Waals surface area contributed by atoms with Crippen LogP contribution in [0.2, 0.25) is 0 Å². The second-order valence-corrected chi connectivity index (χ2v) is 7.36. The Labute approximate surface area is 186 Å². The summed E-state index contributed by atoms with van der Waals surface area (Å²) in [5, 5.41) is 16.9. The first kappa shape index (κ1) is 24.7. The molecular weight excluding hydrogens is 511 g/mol. The molecule has 1 heterocycles. The third-order valence-electron chi connectivity index (χ3n) is 3.52. The van der Waals surface area contributed by atoms with Crippen molar-refractivity contribution >= 4 is 45.6 Å². The maximum absolute atomic E-state index is 12.3. The number of benzene rings is 1. The van der Waals surface area contributed by atoms with Gasteiger partial charge in [0.15, 0.2) is 5.96 Å². The van der Waals surface area contributed by atoms with Gasteiger partial charge in [-0.2, -0.15) is 0 Å². The number of nitro groups is 1. The van der Waals surface area contributed by atoms with E-state index in [1.807, 2.05) is 25.1 Å². The minimum atomic E-state index is -3.85. The summed E-state index contributed by atoms with van der Waals surface area (Å²) in [7, 11) is -3.85. The number of rotatable bonds is 9. The van der Waals surface area contributed by atoms with Gasteiger partial charge in [-0.25, -0.2) is 18.1 Å². The van der Waals surface area contributed by atoms with Crippen molar-refractivity contribution in [2.24, 2.45) is 4.99 Å². The van der Waals surface area contributed by atoms with Gasteiger partial charge in [0.1, 0.15) is 0 Å². The Morgan fingerprint density at radius 3 is 2.62 bits per heavy atom. The standard InChI is InChI=1S/C17H22N6O4S.HI/c1-2-18-17(21-13-14-6-3-4-9-19-14)20-10-11-22-28(26,27)16-8-5-7-15(12-16)23(24)25;/h3-9,12,22H,2,10-11,13H2,1H3,(H2,18,20,21);1H. The van der Waals surface area contributed by atoms with E-state index < -0.39 is 14.9 Å². The highest BCUT2D eigenvalue weighted by Crippen LogP contribution is 2.16. The Balaban J connectivity index is 0.00000420. The van der Waals surface area contributed by atoms with Crippen molar-refractivity contribution < 1.29 is 13.3 Å². The van der Waals surface area contributed by atoms with Gasteiger partial charge in [0.05, 0.1) is 22.1 Å². The van der Waals surface area contributed by atoms with Crippen molar-refractivity contribution in [1.29, 1.82) is 0 Å². The third-order valence-corrected chi connectivity index (χ3v) is 4.98. The van der Waals surface area contributed by atoms with Crippen molar-refractivity contribution in [1.82, 2.24) is 20.3 Å². The number of guanidine groups is 1. The van der Waals surface area contributed by atoms with Crippen molar-refractivity contribution in [2.45, 2.75) is 18.4 Å². The fourth-order valence-electron chi connectivity index (χ4n) is 2.21. The summed E-state index contributed by atoms with van der Waals surface area (Å²) in [6.45, 7) is 3.31. The Morgan fingerprint density at radius 2 is 1.97 bits per heavy atom. The molecule has 29 heavy (non-hydrogen) atoms. The van der Waals surface area contributed by atoms with Gasteiger partial charge < -0.3 is 10.6 Å².